The molecule has 0 amide bonds. The van der Waals surface area contributed by atoms with Crippen LogP contribution >= 0.6 is 0 Å². The molecule has 12 rings (SSSR count). The smallest absolute Gasteiger partial charge is 0.0801 e. The van der Waals surface area contributed by atoms with Crippen molar-refractivity contribution in [2.24, 2.45) is 0 Å². The Labute approximate surface area is 299 Å². The topological polar surface area (TPSA) is 25.8 Å². The van der Waals surface area contributed by atoms with E-state index in [0.29, 0.717) is 0 Å². The number of aromatic nitrogens is 2. The van der Waals surface area contributed by atoms with Crippen molar-refractivity contribution in [3.63, 3.8) is 0 Å². The lowest BCUT2D eigenvalue weighted by Gasteiger charge is -2.22. The first-order valence-electron chi connectivity index (χ1n) is 18.1. The fourth-order valence-corrected chi connectivity index (χ4v) is 9.45. The lowest BCUT2D eigenvalue weighted by Crippen LogP contribution is -1.98. The van der Waals surface area contributed by atoms with Crippen molar-refractivity contribution in [2.75, 3.05) is 0 Å². The fraction of sp³-hybridized carbons (Fsp3) is 0.0400. The highest BCUT2D eigenvalue weighted by Crippen LogP contribution is 2.51. The molecule has 0 aliphatic heterocycles. The number of pyridine rings is 2. The molecule has 2 heteroatoms. The van der Waals surface area contributed by atoms with E-state index < -0.39 is 0 Å². The molecule has 0 N–H and O–H groups in total. The van der Waals surface area contributed by atoms with Crippen LogP contribution < -0.4 is 0 Å². The van der Waals surface area contributed by atoms with Crippen molar-refractivity contribution < 1.29 is 0 Å². The van der Waals surface area contributed by atoms with E-state index in [1.807, 2.05) is 0 Å². The third kappa shape index (κ3) is 3.58. The van der Waals surface area contributed by atoms with Crippen molar-refractivity contribution in [1.82, 2.24) is 9.97 Å². The minimum absolute atomic E-state index is 1.01. The molecule has 0 bridgehead atoms. The molecule has 2 aromatic heterocycles. The molecule has 0 atom stereocenters. The van der Waals surface area contributed by atoms with Crippen LogP contribution in [0.2, 0.25) is 0 Å². The van der Waals surface area contributed by atoms with Crippen LogP contribution in [-0.2, 0) is 0 Å². The molecule has 0 unspecified atom stereocenters. The Kier molecular flexibility index (Phi) is 5.40. The number of fused-ring (bicyclic) bond motifs is 6. The zero-order valence-corrected chi connectivity index (χ0v) is 28.8. The van der Waals surface area contributed by atoms with E-state index in [2.05, 4.69) is 159 Å². The summed E-state index contributed by atoms with van der Waals surface area (Å²) < 4.78 is 0. The van der Waals surface area contributed by atoms with Gasteiger partial charge in [-0.2, -0.15) is 0 Å². The molecule has 2 heterocycles. The average molecular weight is 659 g/mol. The second-order valence-corrected chi connectivity index (χ2v) is 14.6. The molecule has 2 nitrogen and oxygen atoms in total. The van der Waals surface area contributed by atoms with Crippen LogP contribution in [0.15, 0.2) is 146 Å². The summed E-state index contributed by atoms with van der Waals surface area (Å²) in [5.74, 6) is 0. The monoisotopic (exact) mass is 658 g/mol. The average Bonchev–Trinajstić information content (AvgIpc) is 3.18. The molecule has 0 saturated heterocycles. The maximum absolute atomic E-state index is 5.58. The molecular weight excluding hydrogens is 629 g/mol. The van der Waals surface area contributed by atoms with Crippen LogP contribution in [-0.4, -0.2) is 9.97 Å². The standard InChI is InChI=1S/C50H30N2/c1-27-17-19-31-29(25-27)9-7-15-33(31)43-35-11-3-5-13-37(35)49-45-39(43)21-23-41-47(45)48-42(51-49)24-22-40-44(34-16-8-10-30-26-28(2)18-20-32(30)34)36-12-4-6-14-38(36)50(52-41)46(40)48/h3-26H,1-2H3. The molecule has 12 aromatic rings. The highest BCUT2D eigenvalue weighted by Gasteiger charge is 2.25. The molecule has 10 aromatic carbocycles. The highest BCUT2D eigenvalue weighted by molar-refractivity contribution is 6.41. The number of rotatable bonds is 2. The van der Waals surface area contributed by atoms with Crippen molar-refractivity contribution in [2.45, 2.75) is 13.8 Å². The van der Waals surface area contributed by atoms with Gasteiger partial charge in [-0.25, -0.2) is 9.97 Å². The van der Waals surface area contributed by atoms with E-state index in [-0.39, 0.29) is 0 Å². The van der Waals surface area contributed by atoms with Gasteiger partial charge in [0.05, 0.1) is 22.1 Å². The summed E-state index contributed by atoms with van der Waals surface area (Å²) in [6.45, 7) is 4.33. The van der Waals surface area contributed by atoms with E-state index in [1.165, 1.54) is 109 Å². The van der Waals surface area contributed by atoms with Crippen LogP contribution in [0, 0.1) is 13.8 Å². The zero-order chi connectivity index (χ0) is 34.2. The van der Waals surface area contributed by atoms with Gasteiger partial charge in [-0.15, -0.1) is 0 Å². The summed E-state index contributed by atoms with van der Waals surface area (Å²) in [5, 5.41) is 17.1. The Morgan fingerprint density at radius 2 is 0.750 bits per heavy atom. The molecule has 240 valence electrons. The van der Waals surface area contributed by atoms with Gasteiger partial charge in [-0.3, -0.25) is 0 Å². The summed E-state index contributed by atoms with van der Waals surface area (Å²) in [6, 6.07) is 53.8. The second kappa shape index (κ2) is 9.99. The van der Waals surface area contributed by atoms with Gasteiger partial charge < -0.3 is 0 Å². The van der Waals surface area contributed by atoms with E-state index in [9.17, 15) is 0 Å². The van der Waals surface area contributed by atoms with Crippen molar-refractivity contribution in [3.8, 4) is 22.3 Å². The predicted octanol–water partition coefficient (Wildman–Crippen LogP) is 13.7. The van der Waals surface area contributed by atoms with Gasteiger partial charge in [0.25, 0.3) is 0 Å². The number of hydrogen-bond acceptors (Lipinski definition) is 2. The highest BCUT2D eigenvalue weighted by atomic mass is 14.7. The van der Waals surface area contributed by atoms with Gasteiger partial charge in [0, 0.05) is 32.3 Å². The SMILES string of the molecule is Cc1ccc2c(-c3c4ccccc4c4nc5ccc6c(-c7cccc8cc(C)ccc78)c7ccccc7c7nc8ccc3c4c8c5c67)cccc2c1. The van der Waals surface area contributed by atoms with E-state index in [0.717, 1.165) is 22.1 Å². The van der Waals surface area contributed by atoms with Crippen molar-refractivity contribution >= 4 is 97.5 Å². The van der Waals surface area contributed by atoms with Gasteiger partial charge in [0.1, 0.15) is 0 Å². The predicted molar refractivity (Wildman–Crippen MR) is 222 cm³/mol. The van der Waals surface area contributed by atoms with Gasteiger partial charge >= 0.3 is 0 Å². The molecular formula is C50H30N2. The third-order valence-electron chi connectivity index (χ3n) is 11.6. The maximum Gasteiger partial charge on any atom is 0.0801 e. The van der Waals surface area contributed by atoms with E-state index in [1.54, 1.807) is 0 Å². The Morgan fingerprint density at radius 1 is 0.327 bits per heavy atom. The number of aryl methyl sites for hydroxylation is 2. The molecule has 0 radical (unpaired) electrons. The first-order valence-corrected chi connectivity index (χ1v) is 18.1. The largest absolute Gasteiger partial charge is 0.247 e. The Balaban J connectivity index is 1.31. The molecule has 0 saturated carbocycles. The van der Waals surface area contributed by atoms with E-state index in [4.69, 9.17) is 9.97 Å². The van der Waals surface area contributed by atoms with Crippen LogP contribution in [0.5, 0.6) is 0 Å². The minimum atomic E-state index is 1.01. The maximum atomic E-state index is 5.58. The van der Waals surface area contributed by atoms with Crippen molar-refractivity contribution in [1.29, 1.82) is 0 Å². The second-order valence-electron chi connectivity index (χ2n) is 14.6. The quantitative estimate of drug-likeness (QED) is 0.136. The first kappa shape index (κ1) is 28.1. The fourth-order valence-electron chi connectivity index (χ4n) is 9.45. The molecule has 0 fully saturated rings. The molecule has 0 spiro atoms. The van der Waals surface area contributed by atoms with Gasteiger partial charge in [0.2, 0.25) is 0 Å². The Hall–Kier alpha value is -6.64. The summed E-state index contributed by atoms with van der Waals surface area (Å²) in [7, 11) is 0. The third-order valence-corrected chi connectivity index (χ3v) is 11.6. The minimum Gasteiger partial charge on any atom is -0.247 e. The number of nitrogens with zero attached hydrogens (tertiary/aromatic N) is 2. The lowest BCUT2D eigenvalue weighted by atomic mass is 9.83. The first-order chi connectivity index (χ1) is 25.6. The summed E-state index contributed by atoms with van der Waals surface area (Å²) in [6.07, 6.45) is 0. The Morgan fingerprint density at radius 3 is 1.21 bits per heavy atom. The summed E-state index contributed by atoms with van der Waals surface area (Å²) >= 11 is 0. The van der Waals surface area contributed by atoms with Crippen molar-refractivity contribution in [3.05, 3.63) is 157 Å². The van der Waals surface area contributed by atoms with E-state index >= 15 is 0 Å². The zero-order valence-electron chi connectivity index (χ0n) is 28.8. The van der Waals surface area contributed by atoms with Crippen LogP contribution in [0.3, 0.4) is 0 Å². The summed E-state index contributed by atoms with van der Waals surface area (Å²) in [5.41, 5.74) is 11.6. The molecule has 0 aliphatic carbocycles. The van der Waals surface area contributed by atoms with Gasteiger partial charge in [-0.05, 0) is 91.3 Å². The van der Waals surface area contributed by atoms with Gasteiger partial charge in [-0.1, -0.05) is 145 Å². The van der Waals surface area contributed by atoms with Crippen LogP contribution in [0.1, 0.15) is 11.1 Å². The normalized spacial score (nSPS) is 12.4. The molecule has 0 aliphatic rings. The lowest BCUT2D eigenvalue weighted by molar-refractivity contribution is 1.50. The number of hydrogen-bond donors (Lipinski definition) is 0. The van der Waals surface area contributed by atoms with Gasteiger partial charge in [0.15, 0.2) is 0 Å². The number of benzene rings is 10. The van der Waals surface area contributed by atoms with Crippen LogP contribution in [0.4, 0.5) is 0 Å². The molecule has 52 heavy (non-hydrogen) atoms. The summed E-state index contributed by atoms with van der Waals surface area (Å²) in [4.78, 5) is 11.2. The Bertz CT molecular complexity index is 3250. The van der Waals surface area contributed by atoms with Crippen LogP contribution in [0.25, 0.3) is 120 Å².